The third-order valence-electron chi connectivity index (χ3n) is 6.25. The second-order valence-electron chi connectivity index (χ2n) is 7.76. The lowest BCUT2D eigenvalue weighted by Gasteiger charge is -2.41. The number of hydrogen-bond acceptors (Lipinski definition) is 2. The van der Waals surface area contributed by atoms with Crippen molar-refractivity contribution in [3.05, 3.63) is 59.2 Å². The summed E-state index contributed by atoms with van der Waals surface area (Å²) in [5.74, 6) is 0.322. The van der Waals surface area contributed by atoms with Gasteiger partial charge < -0.3 is 4.90 Å². The number of piperazine rings is 1. The van der Waals surface area contributed by atoms with E-state index in [1.54, 1.807) is 0 Å². The topological polar surface area (TPSA) is 23.6 Å². The molecule has 3 aliphatic rings. The van der Waals surface area contributed by atoms with E-state index in [0.29, 0.717) is 11.9 Å². The van der Waals surface area contributed by atoms with E-state index in [1.165, 1.54) is 27.8 Å². The van der Waals surface area contributed by atoms with E-state index in [1.807, 2.05) is 0 Å². The van der Waals surface area contributed by atoms with Gasteiger partial charge >= 0.3 is 0 Å². The molecule has 0 spiro atoms. The number of carbonyl (C=O) groups excluding carboxylic acids is 1. The van der Waals surface area contributed by atoms with Crippen molar-refractivity contribution >= 4 is 5.91 Å². The largest absolute Gasteiger partial charge is 0.337 e. The fourth-order valence-electron chi connectivity index (χ4n) is 4.87. The van der Waals surface area contributed by atoms with Gasteiger partial charge in [-0.15, -0.1) is 0 Å². The Bertz CT molecular complexity index is 844. The van der Waals surface area contributed by atoms with Crippen molar-refractivity contribution in [3.8, 4) is 11.1 Å². The van der Waals surface area contributed by atoms with Crippen molar-refractivity contribution in [2.24, 2.45) is 0 Å². The number of fused-ring (bicyclic) bond motifs is 4. The summed E-state index contributed by atoms with van der Waals surface area (Å²) in [6.07, 6.45) is 3.35. The summed E-state index contributed by atoms with van der Waals surface area (Å²) in [4.78, 5) is 17.1. The SMILES string of the molecule is C[C@H]1C(=O)N2CCC[C@@H]2CN1Cc1ccc2c(c1)Cc1ccccc1-2. The van der Waals surface area contributed by atoms with Gasteiger partial charge in [0.25, 0.3) is 0 Å². The molecule has 2 fully saturated rings. The molecular weight excluding hydrogens is 308 g/mol. The first-order chi connectivity index (χ1) is 12.2. The number of rotatable bonds is 2. The molecule has 5 rings (SSSR count). The summed E-state index contributed by atoms with van der Waals surface area (Å²) in [6.45, 7) is 4.92. The fraction of sp³-hybridized carbons (Fsp3) is 0.409. The molecule has 2 aliphatic heterocycles. The van der Waals surface area contributed by atoms with Crippen LogP contribution in [-0.4, -0.2) is 40.9 Å². The Morgan fingerprint density at radius 1 is 1.08 bits per heavy atom. The van der Waals surface area contributed by atoms with E-state index >= 15 is 0 Å². The molecule has 0 N–H and O–H groups in total. The molecule has 0 radical (unpaired) electrons. The molecule has 2 heterocycles. The van der Waals surface area contributed by atoms with E-state index < -0.39 is 0 Å². The summed E-state index contributed by atoms with van der Waals surface area (Å²) in [6, 6.07) is 16.0. The summed E-state index contributed by atoms with van der Waals surface area (Å²) < 4.78 is 0. The first-order valence-corrected chi connectivity index (χ1v) is 9.45. The molecule has 25 heavy (non-hydrogen) atoms. The van der Waals surface area contributed by atoms with Crippen molar-refractivity contribution < 1.29 is 4.79 Å². The van der Waals surface area contributed by atoms with Crippen molar-refractivity contribution in [1.82, 2.24) is 9.80 Å². The summed E-state index contributed by atoms with van der Waals surface area (Å²) >= 11 is 0. The highest BCUT2D eigenvalue weighted by Crippen LogP contribution is 2.37. The molecule has 128 valence electrons. The lowest BCUT2D eigenvalue weighted by atomic mass is 10.0. The maximum absolute atomic E-state index is 12.6. The third-order valence-corrected chi connectivity index (χ3v) is 6.25. The summed E-state index contributed by atoms with van der Waals surface area (Å²) in [5.41, 5.74) is 6.95. The van der Waals surface area contributed by atoms with Crippen LogP contribution in [0.3, 0.4) is 0 Å². The van der Waals surface area contributed by atoms with Gasteiger partial charge in [0.2, 0.25) is 5.91 Å². The number of nitrogens with zero attached hydrogens (tertiary/aromatic N) is 2. The van der Waals surface area contributed by atoms with E-state index in [0.717, 1.165) is 38.9 Å². The Morgan fingerprint density at radius 3 is 2.84 bits per heavy atom. The quantitative estimate of drug-likeness (QED) is 0.717. The highest BCUT2D eigenvalue weighted by molar-refractivity contribution is 5.83. The summed E-state index contributed by atoms with van der Waals surface area (Å²) in [5, 5.41) is 0. The molecule has 0 saturated carbocycles. The number of hydrogen-bond donors (Lipinski definition) is 0. The molecule has 3 heteroatoms. The van der Waals surface area contributed by atoms with Gasteiger partial charge in [-0.25, -0.2) is 0 Å². The van der Waals surface area contributed by atoms with Crippen LogP contribution in [0.4, 0.5) is 0 Å². The standard InChI is InChI=1S/C22H24N2O/c1-15-22(25)24-10-4-6-19(24)14-23(15)13-16-8-9-21-18(11-16)12-17-5-2-3-7-20(17)21/h2-3,5,7-9,11,15,19H,4,6,10,12-14H2,1H3/t15-,19+/m0/s1. The lowest BCUT2D eigenvalue weighted by Crippen LogP contribution is -2.58. The Balaban J connectivity index is 1.39. The van der Waals surface area contributed by atoms with Crippen LogP contribution in [0.1, 0.15) is 36.5 Å². The first kappa shape index (κ1) is 15.2. The Morgan fingerprint density at radius 2 is 1.92 bits per heavy atom. The lowest BCUT2D eigenvalue weighted by molar-refractivity contribution is -0.143. The smallest absolute Gasteiger partial charge is 0.239 e. The zero-order chi connectivity index (χ0) is 17.0. The molecule has 2 saturated heterocycles. The highest BCUT2D eigenvalue weighted by atomic mass is 16.2. The van der Waals surface area contributed by atoms with Gasteiger partial charge in [-0.2, -0.15) is 0 Å². The van der Waals surface area contributed by atoms with Gasteiger partial charge in [-0.1, -0.05) is 42.5 Å². The fourth-order valence-corrected chi connectivity index (χ4v) is 4.87. The average molecular weight is 332 g/mol. The van der Waals surface area contributed by atoms with Gasteiger partial charge in [0.15, 0.2) is 0 Å². The zero-order valence-corrected chi connectivity index (χ0v) is 14.7. The van der Waals surface area contributed by atoms with Crippen LogP contribution in [0, 0.1) is 0 Å². The minimum absolute atomic E-state index is 0.000184. The monoisotopic (exact) mass is 332 g/mol. The second kappa shape index (κ2) is 5.70. The van der Waals surface area contributed by atoms with Crippen LogP contribution < -0.4 is 0 Å². The molecule has 0 bridgehead atoms. The van der Waals surface area contributed by atoms with Gasteiger partial charge in [0.05, 0.1) is 6.04 Å². The zero-order valence-electron chi connectivity index (χ0n) is 14.7. The number of carbonyl (C=O) groups is 1. The minimum atomic E-state index is -0.000184. The van der Waals surface area contributed by atoms with Gasteiger partial charge in [0, 0.05) is 25.7 Å². The van der Waals surface area contributed by atoms with Gasteiger partial charge in [-0.05, 0) is 54.0 Å². The third kappa shape index (κ3) is 2.41. The van der Waals surface area contributed by atoms with Crippen LogP contribution in [-0.2, 0) is 17.8 Å². The predicted molar refractivity (Wildman–Crippen MR) is 99.3 cm³/mol. The number of amides is 1. The Labute approximate surface area is 149 Å². The molecule has 1 amide bonds. The molecule has 3 nitrogen and oxygen atoms in total. The molecule has 2 aromatic rings. The van der Waals surface area contributed by atoms with Crippen LogP contribution in [0.2, 0.25) is 0 Å². The summed E-state index contributed by atoms with van der Waals surface area (Å²) in [7, 11) is 0. The first-order valence-electron chi connectivity index (χ1n) is 9.45. The number of benzene rings is 2. The minimum Gasteiger partial charge on any atom is -0.337 e. The highest BCUT2D eigenvalue weighted by Gasteiger charge is 2.40. The predicted octanol–water partition coefficient (Wildman–Crippen LogP) is 3.45. The van der Waals surface area contributed by atoms with Gasteiger partial charge in [0.1, 0.15) is 0 Å². The van der Waals surface area contributed by atoms with E-state index in [-0.39, 0.29) is 6.04 Å². The van der Waals surface area contributed by atoms with Crippen LogP contribution in [0.5, 0.6) is 0 Å². The van der Waals surface area contributed by atoms with Crippen molar-refractivity contribution in [2.75, 3.05) is 13.1 Å². The Hall–Kier alpha value is -2.13. The molecule has 0 aromatic heterocycles. The van der Waals surface area contributed by atoms with Crippen molar-refractivity contribution in [3.63, 3.8) is 0 Å². The maximum Gasteiger partial charge on any atom is 0.239 e. The Kier molecular flexibility index (Phi) is 3.46. The van der Waals surface area contributed by atoms with Crippen molar-refractivity contribution in [1.29, 1.82) is 0 Å². The van der Waals surface area contributed by atoms with Crippen LogP contribution in [0.15, 0.2) is 42.5 Å². The average Bonchev–Trinajstić information content (AvgIpc) is 3.23. The van der Waals surface area contributed by atoms with E-state index in [9.17, 15) is 4.79 Å². The molecule has 2 atom stereocenters. The second-order valence-corrected chi connectivity index (χ2v) is 7.76. The van der Waals surface area contributed by atoms with E-state index in [2.05, 4.69) is 59.2 Å². The van der Waals surface area contributed by atoms with Crippen LogP contribution >= 0.6 is 0 Å². The normalized spacial score (nSPS) is 25.0. The van der Waals surface area contributed by atoms with Crippen LogP contribution in [0.25, 0.3) is 11.1 Å². The molecule has 1 aliphatic carbocycles. The molecule has 0 unspecified atom stereocenters. The van der Waals surface area contributed by atoms with Gasteiger partial charge in [-0.3, -0.25) is 9.69 Å². The van der Waals surface area contributed by atoms with E-state index in [4.69, 9.17) is 0 Å². The maximum atomic E-state index is 12.6. The van der Waals surface area contributed by atoms with Crippen molar-refractivity contribution in [2.45, 2.75) is 44.8 Å². The molecule has 2 aromatic carbocycles. The molecular formula is C22H24N2O.